The van der Waals surface area contributed by atoms with E-state index in [1.165, 1.54) is 31.3 Å². The SMILES string of the molecule is O=C(NC1CCCC1)[C@@H]1CCCN(c2ncnc3onc(-c4ccc(F)cc4)c23)C1. The predicted molar refractivity (Wildman–Crippen MR) is 110 cm³/mol. The van der Waals surface area contributed by atoms with Crippen molar-refractivity contribution in [1.82, 2.24) is 20.4 Å². The lowest BCUT2D eigenvalue weighted by Crippen LogP contribution is -2.45. The largest absolute Gasteiger partial charge is 0.355 e. The van der Waals surface area contributed by atoms with Crippen LogP contribution >= 0.6 is 0 Å². The molecule has 3 aromatic rings. The van der Waals surface area contributed by atoms with Crippen molar-refractivity contribution in [2.75, 3.05) is 18.0 Å². The third-order valence-electron chi connectivity index (χ3n) is 6.16. The molecule has 1 saturated heterocycles. The number of nitrogens with one attached hydrogen (secondary N) is 1. The number of hydrogen-bond donors (Lipinski definition) is 1. The minimum Gasteiger partial charge on any atom is -0.355 e. The van der Waals surface area contributed by atoms with Gasteiger partial charge in [-0.3, -0.25) is 4.79 Å². The van der Waals surface area contributed by atoms with Crippen molar-refractivity contribution >= 4 is 22.8 Å². The molecule has 5 rings (SSSR count). The molecule has 1 atom stereocenters. The number of carbonyl (C=O) groups is 1. The molecule has 2 aliphatic rings. The Kier molecular flexibility index (Phi) is 5.06. The molecule has 1 aromatic carbocycles. The molecular formula is C22H24FN5O2. The second kappa shape index (κ2) is 8.01. The van der Waals surface area contributed by atoms with Crippen LogP contribution in [0.2, 0.25) is 0 Å². The molecule has 1 aliphatic carbocycles. The van der Waals surface area contributed by atoms with E-state index < -0.39 is 0 Å². The zero-order valence-corrected chi connectivity index (χ0v) is 16.7. The van der Waals surface area contributed by atoms with E-state index in [4.69, 9.17) is 4.52 Å². The van der Waals surface area contributed by atoms with Gasteiger partial charge < -0.3 is 14.7 Å². The Morgan fingerprint density at radius 2 is 1.90 bits per heavy atom. The van der Waals surface area contributed by atoms with E-state index in [2.05, 4.69) is 25.3 Å². The van der Waals surface area contributed by atoms with Gasteiger partial charge in [-0.1, -0.05) is 18.0 Å². The van der Waals surface area contributed by atoms with Gasteiger partial charge in [0.1, 0.15) is 29.0 Å². The molecule has 0 radical (unpaired) electrons. The topological polar surface area (TPSA) is 84.2 Å². The first-order valence-electron chi connectivity index (χ1n) is 10.6. The van der Waals surface area contributed by atoms with Crippen LogP contribution in [0.4, 0.5) is 10.2 Å². The van der Waals surface area contributed by atoms with Crippen molar-refractivity contribution in [2.24, 2.45) is 5.92 Å². The maximum Gasteiger partial charge on any atom is 0.263 e. The molecule has 1 aliphatic heterocycles. The zero-order chi connectivity index (χ0) is 20.5. The molecular weight excluding hydrogens is 385 g/mol. The van der Waals surface area contributed by atoms with Crippen LogP contribution in [-0.4, -0.2) is 40.2 Å². The van der Waals surface area contributed by atoms with Crippen molar-refractivity contribution in [3.63, 3.8) is 0 Å². The summed E-state index contributed by atoms with van der Waals surface area (Å²) in [7, 11) is 0. The summed E-state index contributed by atoms with van der Waals surface area (Å²) >= 11 is 0. The first kappa shape index (κ1) is 19.0. The van der Waals surface area contributed by atoms with Crippen LogP contribution in [0.25, 0.3) is 22.4 Å². The maximum atomic E-state index is 13.4. The number of fused-ring (bicyclic) bond motifs is 1. The number of piperidine rings is 1. The summed E-state index contributed by atoms with van der Waals surface area (Å²) in [5.41, 5.74) is 1.70. The fourth-order valence-corrected chi connectivity index (χ4v) is 4.59. The number of benzene rings is 1. The summed E-state index contributed by atoms with van der Waals surface area (Å²) in [4.78, 5) is 23.7. The first-order valence-corrected chi connectivity index (χ1v) is 10.6. The van der Waals surface area contributed by atoms with Gasteiger partial charge in [0, 0.05) is 24.7 Å². The molecule has 8 heteroatoms. The van der Waals surface area contributed by atoms with Crippen LogP contribution < -0.4 is 10.2 Å². The van der Waals surface area contributed by atoms with Crippen LogP contribution in [0.5, 0.6) is 0 Å². The Hall–Kier alpha value is -3.03. The van der Waals surface area contributed by atoms with Gasteiger partial charge in [-0.2, -0.15) is 4.98 Å². The van der Waals surface area contributed by atoms with Crippen LogP contribution in [0.3, 0.4) is 0 Å². The number of hydrogen-bond acceptors (Lipinski definition) is 6. The van der Waals surface area contributed by atoms with E-state index in [9.17, 15) is 9.18 Å². The van der Waals surface area contributed by atoms with Gasteiger partial charge in [-0.25, -0.2) is 9.37 Å². The van der Waals surface area contributed by atoms with Gasteiger partial charge in [0.15, 0.2) is 0 Å². The van der Waals surface area contributed by atoms with Crippen LogP contribution in [-0.2, 0) is 4.79 Å². The minimum atomic E-state index is -0.310. The normalized spacial score (nSPS) is 20.0. The van der Waals surface area contributed by atoms with E-state index in [1.807, 2.05) is 0 Å². The maximum absolute atomic E-state index is 13.4. The zero-order valence-electron chi connectivity index (χ0n) is 16.7. The van der Waals surface area contributed by atoms with E-state index in [0.717, 1.165) is 37.8 Å². The third kappa shape index (κ3) is 3.62. The highest BCUT2D eigenvalue weighted by Gasteiger charge is 2.30. The van der Waals surface area contributed by atoms with Crippen LogP contribution in [0.1, 0.15) is 38.5 Å². The highest BCUT2D eigenvalue weighted by molar-refractivity contribution is 5.98. The average Bonchev–Trinajstić information content (AvgIpc) is 3.44. The number of aromatic nitrogens is 3. The summed E-state index contributed by atoms with van der Waals surface area (Å²) in [5.74, 6) is 0.466. The van der Waals surface area contributed by atoms with E-state index in [0.29, 0.717) is 35.2 Å². The van der Waals surface area contributed by atoms with Gasteiger partial charge in [0.25, 0.3) is 5.71 Å². The Labute approximate surface area is 173 Å². The van der Waals surface area contributed by atoms with E-state index in [1.54, 1.807) is 12.1 Å². The lowest BCUT2D eigenvalue weighted by atomic mass is 9.96. The molecule has 2 fully saturated rings. The Bertz CT molecular complexity index is 1050. The fourth-order valence-electron chi connectivity index (χ4n) is 4.59. The summed E-state index contributed by atoms with van der Waals surface area (Å²) in [5, 5.41) is 8.09. The van der Waals surface area contributed by atoms with Crippen molar-refractivity contribution in [3.05, 3.63) is 36.4 Å². The van der Waals surface area contributed by atoms with Crippen LogP contribution in [0.15, 0.2) is 35.1 Å². The standard InChI is InChI=1S/C22H24FN5O2/c23-16-9-7-14(8-10-16)19-18-20(24-13-25-22(18)30-27-19)28-11-3-4-15(12-28)21(29)26-17-5-1-2-6-17/h7-10,13,15,17H,1-6,11-12H2,(H,26,29)/t15-/m1/s1. The summed E-state index contributed by atoms with van der Waals surface area (Å²) < 4.78 is 18.8. The number of rotatable bonds is 4. The quantitative estimate of drug-likeness (QED) is 0.707. The van der Waals surface area contributed by atoms with Gasteiger partial charge in [0.2, 0.25) is 5.91 Å². The summed E-state index contributed by atoms with van der Waals surface area (Å²) in [6.07, 6.45) is 7.79. The van der Waals surface area contributed by atoms with Gasteiger partial charge in [-0.15, -0.1) is 0 Å². The first-order chi connectivity index (χ1) is 14.7. The second-order valence-electron chi connectivity index (χ2n) is 8.19. The monoisotopic (exact) mass is 409 g/mol. The molecule has 156 valence electrons. The summed E-state index contributed by atoms with van der Waals surface area (Å²) in [6.45, 7) is 1.39. The molecule has 0 spiro atoms. The number of halogens is 1. The molecule has 0 bridgehead atoms. The smallest absolute Gasteiger partial charge is 0.263 e. The average molecular weight is 409 g/mol. The molecule has 3 heterocycles. The van der Waals surface area contributed by atoms with Crippen LogP contribution in [0, 0.1) is 11.7 Å². The van der Waals surface area contributed by atoms with Crippen molar-refractivity contribution in [2.45, 2.75) is 44.6 Å². The lowest BCUT2D eigenvalue weighted by molar-refractivity contribution is -0.125. The molecule has 7 nitrogen and oxygen atoms in total. The van der Waals surface area contributed by atoms with Crippen molar-refractivity contribution in [3.8, 4) is 11.3 Å². The molecule has 0 unspecified atom stereocenters. The number of amides is 1. The Morgan fingerprint density at radius 1 is 1.10 bits per heavy atom. The number of nitrogens with zero attached hydrogens (tertiary/aromatic N) is 4. The molecule has 1 amide bonds. The van der Waals surface area contributed by atoms with E-state index in [-0.39, 0.29) is 17.6 Å². The molecule has 1 N–H and O–H groups in total. The lowest BCUT2D eigenvalue weighted by Gasteiger charge is -2.33. The number of carbonyl (C=O) groups excluding carboxylic acids is 1. The van der Waals surface area contributed by atoms with Crippen molar-refractivity contribution < 1.29 is 13.7 Å². The van der Waals surface area contributed by atoms with Gasteiger partial charge >= 0.3 is 0 Å². The Balaban J connectivity index is 1.43. The number of anilines is 1. The Morgan fingerprint density at radius 3 is 2.70 bits per heavy atom. The second-order valence-corrected chi connectivity index (χ2v) is 8.19. The molecule has 2 aromatic heterocycles. The van der Waals surface area contributed by atoms with E-state index >= 15 is 0 Å². The summed E-state index contributed by atoms with van der Waals surface area (Å²) in [6, 6.07) is 6.43. The fraction of sp³-hybridized carbons (Fsp3) is 0.455. The molecule has 1 saturated carbocycles. The highest BCUT2D eigenvalue weighted by Crippen LogP contribution is 2.35. The van der Waals surface area contributed by atoms with Gasteiger partial charge in [0.05, 0.1) is 5.92 Å². The minimum absolute atomic E-state index is 0.0708. The van der Waals surface area contributed by atoms with Gasteiger partial charge in [-0.05, 0) is 49.9 Å². The highest BCUT2D eigenvalue weighted by atomic mass is 19.1. The van der Waals surface area contributed by atoms with Crippen molar-refractivity contribution in [1.29, 1.82) is 0 Å². The third-order valence-corrected chi connectivity index (χ3v) is 6.16. The predicted octanol–water partition coefficient (Wildman–Crippen LogP) is 3.70. The molecule has 30 heavy (non-hydrogen) atoms.